The van der Waals surface area contributed by atoms with Crippen LogP contribution < -0.4 is 0 Å². The fourth-order valence-corrected chi connectivity index (χ4v) is 1.81. The highest BCUT2D eigenvalue weighted by molar-refractivity contribution is 6.31. The third-order valence-corrected chi connectivity index (χ3v) is 2.85. The van der Waals surface area contributed by atoms with Crippen molar-refractivity contribution in [3.63, 3.8) is 0 Å². The van der Waals surface area contributed by atoms with E-state index < -0.39 is 11.8 Å². The fraction of sp³-hybridized carbons (Fsp3) is 0. The van der Waals surface area contributed by atoms with E-state index in [0.717, 1.165) is 0 Å². The first kappa shape index (κ1) is 11.7. The van der Waals surface area contributed by atoms with Crippen molar-refractivity contribution < 1.29 is 14.3 Å². The van der Waals surface area contributed by atoms with Gasteiger partial charge >= 0.3 is 5.97 Å². The Kier molecular flexibility index (Phi) is 2.49. The van der Waals surface area contributed by atoms with Crippen molar-refractivity contribution in [2.24, 2.45) is 0 Å². The van der Waals surface area contributed by atoms with Crippen molar-refractivity contribution >= 4 is 28.6 Å². The number of hydrogen-bond donors (Lipinski definition) is 2. The lowest BCUT2D eigenvalue weighted by Crippen LogP contribution is -1.97. The van der Waals surface area contributed by atoms with Crippen LogP contribution in [0.2, 0.25) is 5.02 Å². The number of hydrogen-bond acceptors (Lipinski definition) is 3. The van der Waals surface area contributed by atoms with Gasteiger partial charge in [0.15, 0.2) is 0 Å². The predicted octanol–water partition coefficient (Wildman–Crippen LogP) is 2.24. The van der Waals surface area contributed by atoms with Crippen molar-refractivity contribution in [2.45, 2.75) is 0 Å². The Morgan fingerprint density at radius 2 is 2.26 bits per heavy atom. The first-order valence-electron chi connectivity index (χ1n) is 5.17. The number of imidazole rings is 1. The molecule has 0 aliphatic carbocycles. The first-order chi connectivity index (χ1) is 9.04. The van der Waals surface area contributed by atoms with Crippen molar-refractivity contribution in [2.75, 3.05) is 0 Å². The summed E-state index contributed by atoms with van der Waals surface area (Å²) in [6.45, 7) is 0. The average Bonchev–Trinajstić information content (AvgIpc) is 2.95. The Morgan fingerprint density at radius 3 is 2.95 bits per heavy atom. The molecule has 96 valence electrons. The molecule has 0 fully saturated rings. The average molecular weight is 281 g/mol. The number of aromatic nitrogens is 4. The molecule has 0 unspecified atom stereocenters. The van der Waals surface area contributed by atoms with Crippen molar-refractivity contribution in [1.29, 1.82) is 0 Å². The zero-order chi connectivity index (χ0) is 13.6. The van der Waals surface area contributed by atoms with Gasteiger partial charge in [0, 0.05) is 12.3 Å². The summed E-state index contributed by atoms with van der Waals surface area (Å²) in [4.78, 5) is 17.7. The van der Waals surface area contributed by atoms with Gasteiger partial charge in [0.1, 0.15) is 5.82 Å². The van der Waals surface area contributed by atoms with Crippen molar-refractivity contribution in [3.8, 4) is 5.95 Å². The topological polar surface area (TPSA) is 83.8 Å². The molecule has 2 N–H and O–H groups in total. The molecule has 0 aliphatic rings. The molecule has 0 amide bonds. The number of carbonyl (C=O) groups is 1. The van der Waals surface area contributed by atoms with E-state index in [4.69, 9.17) is 16.7 Å². The summed E-state index contributed by atoms with van der Waals surface area (Å²) in [6.07, 6.45) is 2.50. The summed E-state index contributed by atoms with van der Waals surface area (Å²) in [6, 6.07) is 2.60. The third kappa shape index (κ3) is 1.93. The van der Waals surface area contributed by atoms with Gasteiger partial charge in [-0.3, -0.25) is 0 Å². The maximum Gasteiger partial charge on any atom is 0.338 e. The molecular formula is C11H6ClFN4O2. The largest absolute Gasteiger partial charge is 0.478 e. The summed E-state index contributed by atoms with van der Waals surface area (Å²) >= 11 is 5.66. The zero-order valence-electron chi connectivity index (χ0n) is 9.26. The molecule has 3 aromatic rings. The van der Waals surface area contributed by atoms with Gasteiger partial charge in [-0.2, -0.15) is 5.10 Å². The molecule has 1 aromatic carbocycles. The molecule has 8 heteroatoms. The van der Waals surface area contributed by atoms with Gasteiger partial charge in [-0.1, -0.05) is 11.6 Å². The summed E-state index contributed by atoms with van der Waals surface area (Å²) in [5, 5.41) is 12.6. The zero-order valence-corrected chi connectivity index (χ0v) is 10.0. The predicted molar refractivity (Wildman–Crippen MR) is 65.1 cm³/mol. The van der Waals surface area contributed by atoms with Gasteiger partial charge in [-0.05, 0) is 6.07 Å². The second-order valence-electron chi connectivity index (χ2n) is 3.82. The van der Waals surface area contributed by atoms with Gasteiger partial charge in [-0.25, -0.2) is 18.9 Å². The number of benzene rings is 1. The van der Waals surface area contributed by atoms with E-state index in [1.165, 1.54) is 29.2 Å². The van der Waals surface area contributed by atoms with Crippen molar-refractivity contribution in [3.05, 3.63) is 40.9 Å². The molecule has 0 radical (unpaired) electrons. The highest BCUT2D eigenvalue weighted by Gasteiger charge is 2.11. The Hall–Kier alpha value is -2.41. The molecule has 0 saturated heterocycles. The Balaban J connectivity index is 2.12. The summed E-state index contributed by atoms with van der Waals surface area (Å²) in [7, 11) is 0. The Labute approximate surface area is 110 Å². The van der Waals surface area contributed by atoms with E-state index in [1.807, 2.05) is 0 Å². The molecule has 19 heavy (non-hydrogen) atoms. The van der Waals surface area contributed by atoms with Crippen LogP contribution in [0.15, 0.2) is 24.5 Å². The smallest absolute Gasteiger partial charge is 0.338 e. The first-order valence-corrected chi connectivity index (χ1v) is 5.55. The number of fused-ring (bicyclic) bond motifs is 1. The van der Waals surface area contributed by atoms with Crippen molar-refractivity contribution in [1.82, 2.24) is 19.7 Å². The quantitative estimate of drug-likeness (QED) is 0.754. The minimum absolute atomic E-state index is 0.0303. The van der Waals surface area contributed by atoms with Crippen LogP contribution in [-0.4, -0.2) is 30.8 Å². The van der Waals surface area contributed by atoms with Crippen LogP contribution in [0, 0.1) is 5.82 Å². The lowest BCUT2D eigenvalue weighted by Gasteiger charge is -1.92. The standard InChI is InChI=1S/C11H6ClFN4O2/c12-6-1-8-9(2-7(6)13)16-11(15-8)17-4-5(3-14-17)10(18)19/h1-4H,(H,15,16)(H,18,19). The van der Waals surface area contributed by atoms with Gasteiger partial charge in [0.25, 0.3) is 0 Å². The van der Waals surface area contributed by atoms with E-state index in [9.17, 15) is 9.18 Å². The highest BCUT2D eigenvalue weighted by Crippen LogP contribution is 2.22. The molecular weight excluding hydrogens is 275 g/mol. The molecule has 3 rings (SSSR count). The summed E-state index contributed by atoms with van der Waals surface area (Å²) in [5.74, 6) is -1.36. The number of carboxylic acid groups (broad SMARTS) is 1. The second-order valence-corrected chi connectivity index (χ2v) is 4.23. The summed E-state index contributed by atoms with van der Waals surface area (Å²) < 4.78 is 14.5. The van der Waals surface area contributed by atoms with Crippen LogP contribution >= 0.6 is 11.6 Å². The van der Waals surface area contributed by atoms with Crippen LogP contribution in [0.25, 0.3) is 17.0 Å². The molecule has 0 aliphatic heterocycles. The van der Waals surface area contributed by atoms with E-state index in [-0.39, 0.29) is 16.5 Å². The number of aromatic carboxylic acids is 1. The van der Waals surface area contributed by atoms with E-state index in [2.05, 4.69) is 15.1 Å². The fourth-order valence-electron chi connectivity index (χ4n) is 1.65. The Bertz CT molecular complexity index is 756. The lowest BCUT2D eigenvalue weighted by atomic mass is 10.3. The minimum Gasteiger partial charge on any atom is -0.478 e. The van der Waals surface area contributed by atoms with Crippen LogP contribution in [0.3, 0.4) is 0 Å². The van der Waals surface area contributed by atoms with Crippen LogP contribution in [-0.2, 0) is 0 Å². The number of rotatable bonds is 2. The van der Waals surface area contributed by atoms with Crippen LogP contribution in [0.4, 0.5) is 4.39 Å². The van der Waals surface area contributed by atoms with Gasteiger partial charge in [0.05, 0.1) is 27.8 Å². The van der Waals surface area contributed by atoms with Crippen LogP contribution in [0.5, 0.6) is 0 Å². The van der Waals surface area contributed by atoms with Crippen LogP contribution in [0.1, 0.15) is 10.4 Å². The number of halogens is 2. The van der Waals surface area contributed by atoms with Gasteiger partial charge < -0.3 is 10.1 Å². The monoisotopic (exact) mass is 280 g/mol. The van der Waals surface area contributed by atoms with Gasteiger partial charge in [0.2, 0.25) is 5.95 Å². The molecule has 6 nitrogen and oxygen atoms in total. The normalized spacial score (nSPS) is 11.1. The highest BCUT2D eigenvalue weighted by atomic mass is 35.5. The maximum atomic E-state index is 13.3. The number of H-pyrrole nitrogens is 1. The molecule has 2 aromatic heterocycles. The Morgan fingerprint density at radius 1 is 1.47 bits per heavy atom. The van der Waals surface area contributed by atoms with Gasteiger partial charge in [-0.15, -0.1) is 0 Å². The molecule has 0 spiro atoms. The molecule has 2 heterocycles. The lowest BCUT2D eigenvalue weighted by molar-refractivity contribution is 0.0697. The second kappa shape index (κ2) is 4.06. The number of carboxylic acids is 1. The molecule has 0 bridgehead atoms. The number of nitrogens with zero attached hydrogens (tertiary/aromatic N) is 3. The van der Waals surface area contributed by atoms with E-state index >= 15 is 0 Å². The SMILES string of the molecule is O=C(O)c1cnn(-c2nc3cc(Cl)c(F)cc3[nH]2)c1. The maximum absolute atomic E-state index is 13.3. The van der Waals surface area contributed by atoms with E-state index in [0.29, 0.717) is 11.0 Å². The third-order valence-electron chi connectivity index (χ3n) is 2.56. The number of aromatic amines is 1. The number of nitrogens with one attached hydrogen (secondary N) is 1. The van der Waals surface area contributed by atoms with E-state index in [1.54, 1.807) is 0 Å². The molecule has 0 saturated carbocycles. The summed E-state index contributed by atoms with van der Waals surface area (Å²) in [5.41, 5.74) is 0.947. The minimum atomic E-state index is -1.09. The molecule has 0 atom stereocenters.